The molecule has 0 aliphatic carbocycles. The molecule has 0 bridgehead atoms. The first kappa shape index (κ1) is 25.2. The number of ether oxygens (including phenoxy) is 4. The van der Waals surface area contributed by atoms with Crippen molar-refractivity contribution in [1.82, 2.24) is 5.48 Å². The number of carbonyl (C=O) groups is 2. The van der Waals surface area contributed by atoms with Gasteiger partial charge in [0.2, 0.25) is 0 Å². The Labute approximate surface area is 188 Å². The van der Waals surface area contributed by atoms with Gasteiger partial charge in [0.1, 0.15) is 12.4 Å². The fraction of sp³-hybridized carbons (Fsp3) is 0.333. The van der Waals surface area contributed by atoms with Crippen molar-refractivity contribution in [3.8, 4) is 5.75 Å². The molecule has 0 aromatic heterocycles. The lowest BCUT2D eigenvalue weighted by atomic mass is 10.0. The van der Waals surface area contributed by atoms with Crippen LogP contribution in [0.5, 0.6) is 5.75 Å². The molecule has 2 aromatic carbocycles. The Morgan fingerprint density at radius 2 is 1.25 bits per heavy atom. The Kier molecular flexibility index (Phi) is 12.4. The lowest BCUT2D eigenvalue weighted by Crippen LogP contribution is -2.23. The van der Waals surface area contributed by atoms with Gasteiger partial charge in [0.15, 0.2) is 5.78 Å². The lowest BCUT2D eigenvalue weighted by molar-refractivity contribution is -0.129. The van der Waals surface area contributed by atoms with Crippen molar-refractivity contribution in [2.24, 2.45) is 0 Å². The van der Waals surface area contributed by atoms with Gasteiger partial charge in [-0.2, -0.15) is 0 Å². The minimum atomic E-state index is -0.396. The maximum absolute atomic E-state index is 12.4. The van der Waals surface area contributed by atoms with Gasteiger partial charge >= 0.3 is 0 Å². The van der Waals surface area contributed by atoms with Crippen LogP contribution in [0.25, 0.3) is 0 Å². The van der Waals surface area contributed by atoms with Crippen LogP contribution in [0.4, 0.5) is 0 Å². The molecule has 8 nitrogen and oxygen atoms in total. The van der Waals surface area contributed by atoms with Crippen LogP contribution >= 0.6 is 0 Å². The van der Waals surface area contributed by atoms with Crippen molar-refractivity contribution in [2.75, 3.05) is 52.9 Å². The number of rotatable bonds is 17. The van der Waals surface area contributed by atoms with E-state index in [1.807, 2.05) is 18.2 Å². The van der Waals surface area contributed by atoms with E-state index in [0.717, 1.165) is 6.08 Å². The molecule has 0 fully saturated rings. The highest BCUT2D eigenvalue weighted by atomic mass is 16.7. The predicted octanol–water partition coefficient (Wildman–Crippen LogP) is 2.58. The van der Waals surface area contributed by atoms with Gasteiger partial charge in [-0.05, 0) is 30.3 Å². The van der Waals surface area contributed by atoms with E-state index in [0.29, 0.717) is 63.1 Å². The number of carbonyl (C=O) groups excluding carboxylic acids is 2. The molecule has 0 saturated heterocycles. The molecule has 0 radical (unpaired) electrons. The third-order valence-corrected chi connectivity index (χ3v) is 4.08. The molecule has 8 heteroatoms. The smallest absolute Gasteiger partial charge is 0.266 e. The average molecular weight is 443 g/mol. The van der Waals surface area contributed by atoms with Crippen molar-refractivity contribution < 1.29 is 33.4 Å². The van der Waals surface area contributed by atoms with E-state index in [1.165, 1.54) is 0 Å². The van der Waals surface area contributed by atoms with Gasteiger partial charge in [0.25, 0.3) is 5.91 Å². The van der Waals surface area contributed by atoms with Gasteiger partial charge in [-0.15, -0.1) is 0 Å². The fourth-order valence-corrected chi connectivity index (χ4v) is 2.48. The third-order valence-electron chi connectivity index (χ3n) is 4.08. The maximum Gasteiger partial charge on any atom is 0.266 e. The summed E-state index contributed by atoms with van der Waals surface area (Å²) in [6.45, 7) is 6.48. The number of hydrogen-bond donors (Lipinski definition) is 1. The van der Waals surface area contributed by atoms with Crippen molar-refractivity contribution in [3.63, 3.8) is 0 Å². The van der Waals surface area contributed by atoms with Gasteiger partial charge in [-0.25, -0.2) is 5.48 Å². The summed E-state index contributed by atoms with van der Waals surface area (Å²) in [5, 5.41) is 0. The second kappa shape index (κ2) is 15.7. The summed E-state index contributed by atoms with van der Waals surface area (Å²) in [6, 6.07) is 16.2. The molecule has 0 unspecified atom stereocenters. The average Bonchev–Trinajstić information content (AvgIpc) is 2.84. The lowest BCUT2D eigenvalue weighted by Gasteiger charge is -2.09. The number of hydroxylamine groups is 1. The Morgan fingerprint density at radius 3 is 1.84 bits per heavy atom. The number of amides is 1. The van der Waals surface area contributed by atoms with Crippen LogP contribution in [0.2, 0.25) is 0 Å². The quantitative estimate of drug-likeness (QED) is 0.174. The third kappa shape index (κ3) is 10.3. The van der Waals surface area contributed by atoms with Crippen LogP contribution in [0, 0.1) is 0 Å². The van der Waals surface area contributed by atoms with Crippen LogP contribution < -0.4 is 10.2 Å². The summed E-state index contributed by atoms with van der Waals surface area (Å²) < 4.78 is 21.7. The number of benzene rings is 2. The Morgan fingerprint density at radius 1 is 0.719 bits per heavy atom. The molecule has 1 N–H and O–H groups in total. The number of ketones is 1. The van der Waals surface area contributed by atoms with E-state index in [1.54, 1.807) is 36.4 Å². The summed E-state index contributed by atoms with van der Waals surface area (Å²) >= 11 is 0. The highest BCUT2D eigenvalue weighted by Gasteiger charge is 2.08. The second-order valence-corrected chi connectivity index (χ2v) is 6.42. The molecule has 0 atom stereocenters. The van der Waals surface area contributed by atoms with Crippen LogP contribution in [-0.2, 0) is 23.8 Å². The van der Waals surface area contributed by atoms with Crippen LogP contribution in [0.1, 0.15) is 15.9 Å². The number of hydrogen-bond acceptors (Lipinski definition) is 7. The second-order valence-electron chi connectivity index (χ2n) is 6.42. The molecule has 2 aromatic rings. The standard InChI is InChI=1S/C24H29NO7/c1-2-23(26)25-32-19-17-30-15-13-28-12-14-29-16-18-31-22-10-8-21(9-11-22)24(27)20-6-4-3-5-7-20/h2-11H,1,12-19H2,(H,25,26). The van der Waals surface area contributed by atoms with Crippen molar-refractivity contribution in [2.45, 2.75) is 0 Å². The van der Waals surface area contributed by atoms with Crippen molar-refractivity contribution in [1.29, 1.82) is 0 Å². The van der Waals surface area contributed by atoms with E-state index in [-0.39, 0.29) is 12.4 Å². The van der Waals surface area contributed by atoms with Crippen LogP contribution in [0.15, 0.2) is 67.3 Å². The molecule has 172 valence electrons. The molecule has 0 heterocycles. The summed E-state index contributed by atoms with van der Waals surface area (Å²) in [5.74, 6) is 0.267. The van der Waals surface area contributed by atoms with E-state index >= 15 is 0 Å². The minimum Gasteiger partial charge on any atom is -0.491 e. The largest absolute Gasteiger partial charge is 0.491 e. The van der Waals surface area contributed by atoms with E-state index in [4.69, 9.17) is 23.8 Å². The Balaban J connectivity index is 1.43. The van der Waals surface area contributed by atoms with Crippen LogP contribution in [-0.4, -0.2) is 64.5 Å². The zero-order valence-electron chi connectivity index (χ0n) is 18.0. The topological polar surface area (TPSA) is 92.3 Å². The zero-order chi connectivity index (χ0) is 22.9. The van der Waals surface area contributed by atoms with E-state index < -0.39 is 5.91 Å². The molecule has 32 heavy (non-hydrogen) atoms. The van der Waals surface area contributed by atoms with Gasteiger partial charge in [0, 0.05) is 11.1 Å². The van der Waals surface area contributed by atoms with Crippen molar-refractivity contribution in [3.05, 3.63) is 78.4 Å². The zero-order valence-corrected chi connectivity index (χ0v) is 18.0. The van der Waals surface area contributed by atoms with E-state index in [2.05, 4.69) is 12.1 Å². The highest BCUT2D eigenvalue weighted by Crippen LogP contribution is 2.15. The Hall–Kier alpha value is -3.04. The number of nitrogens with one attached hydrogen (secondary N) is 1. The molecular weight excluding hydrogens is 414 g/mol. The minimum absolute atomic E-state index is 0.0174. The first-order chi connectivity index (χ1) is 15.7. The highest BCUT2D eigenvalue weighted by molar-refractivity contribution is 6.08. The molecule has 0 saturated carbocycles. The first-order valence-electron chi connectivity index (χ1n) is 10.3. The van der Waals surface area contributed by atoms with Gasteiger partial charge in [-0.3, -0.25) is 14.4 Å². The summed E-state index contributed by atoms with van der Waals surface area (Å²) in [5.41, 5.74) is 3.46. The summed E-state index contributed by atoms with van der Waals surface area (Å²) in [6.07, 6.45) is 1.12. The first-order valence-corrected chi connectivity index (χ1v) is 10.3. The van der Waals surface area contributed by atoms with Gasteiger partial charge < -0.3 is 18.9 Å². The molecule has 0 aliphatic rings. The maximum atomic E-state index is 12.4. The predicted molar refractivity (Wildman–Crippen MR) is 119 cm³/mol. The SMILES string of the molecule is C=CC(=O)NOCCOCCOCCOCCOc1ccc(C(=O)c2ccccc2)cc1. The molecule has 2 rings (SSSR count). The molecule has 0 spiro atoms. The monoisotopic (exact) mass is 443 g/mol. The van der Waals surface area contributed by atoms with Gasteiger partial charge in [0.05, 0.1) is 46.2 Å². The summed E-state index contributed by atoms with van der Waals surface area (Å²) in [4.78, 5) is 28.0. The normalized spacial score (nSPS) is 10.5. The van der Waals surface area contributed by atoms with Crippen molar-refractivity contribution >= 4 is 11.7 Å². The Bertz CT molecular complexity index is 809. The molecule has 0 aliphatic heterocycles. The fourth-order valence-electron chi connectivity index (χ4n) is 2.48. The molecular formula is C24H29NO7. The van der Waals surface area contributed by atoms with Gasteiger partial charge in [-0.1, -0.05) is 36.9 Å². The molecule has 1 amide bonds. The van der Waals surface area contributed by atoms with E-state index in [9.17, 15) is 9.59 Å². The van der Waals surface area contributed by atoms with Crippen LogP contribution in [0.3, 0.4) is 0 Å². The summed E-state index contributed by atoms with van der Waals surface area (Å²) in [7, 11) is 0.